The Hall–Kier alpha value is -0.240. The quantitative estimate of drug-likeness (QED) is 0.536. The molecule has 0 aromatic rings. The minimum atomic E-state index is -0.544. The van der Waals surface area contributed by atoms with Crippen molar-refractivity contribution in [1.29, 1.82) is 0 Å². The Balaban J connectivity index is 3.58. The molecule has 0 saturated carbocycles. The van der Waals surface area contributed by atoms with Gasteiger partial charge in [0.1, 0.15) is 0 Å². The van der Waals surface area contributed by atoms with Crippen LogP contribution in [0.5, 0.6) is 0 Å². The lowest BCUT2D eigenvalue weighted by Crippen LogP contribution is -2.36. The van der Waals surface area contributed by atoms with Crippen molar-refractivity contribution in [1.82, 2.24) is 10.5 Å². The lowest BCUT2D eigenvalue weighted by Gasteiger charge is -2.36. The molecule has 0 aromatic heterocycles. The molecule has 0 aliphatic rings. The molecule has 0 amide bonds. The third kappa shape index (κ3) is 4.25. The molecule has 68 valence electrons. The molecule has 0 bridgehead atoms. The minimum absolute atomic E-state index is 0.0478. The molecule has 0 rings (SSSR count). The zero-order valence-corrected chi connectivity index (χ0v) is 6.81. The van der Waals surface area contributed by atoms with E-state index in [9.17, 15) is 10.4 Å². The van der Waals surface area contributed by atoms with Crippen LogP contribution in [0.1, 0.15) is 6.92 Å². The highest BCUT2D eigenvalue weighted by Crippen LogP contribution is 1.98. The number of rotatable bonds is 5. The van der Waals surface area contributed by atoms with Crippen LogP contribution < -0.4 is 0 Å². The van der Waals surface area contributed by atoms with Crippen LogP contribution in [0.3, 0.4) is 0 Å². The fourth-order valence-electron chi connectivity index (χ4n) is 0.537. The first-order chi connectivity index (χ1) is 5.11. The van der Waals surface area contributed by atoms with Crippen molar-refractivity contribution in [3.8, 4) is 0 Å². The molecule has 0 radical (unpaired) electrons. The highest BCUT2D eigenvalue weighted by atomic mass is 16.9. The monoisotopic (exact) mass is 164 g/mol. The Morgan fingerprint density at radius 3 is 2.18 bits per heavy atom. The summed E-state index contributed by atoms with van der Waals surface area (Å²) in [5.41, 5.74) is 0. The molecule has 0 saturated heterocycles. The maximum atomic E-state index is 10.6. The summed E-state index contributed by atoms with van der Waals surface area (Å²) in [6, 6.07) is -0.544. The van der Waals surface area contributed by atoms with Gasteiger partial charge >= 0.3 is 0 Å². The Kier molecular flexibility index (Phi) is 5.30. The van der Waals surface area contributed by atoms with Gasteiger partial charge in [0.2, 0.25) is 0 Å². The van der Waals surface area contributed by atoms with Gasteiger partial charge in [-0.25, -0.2) is 0 Å². The summed E-state index contributed by atoms with van der Waals surface area (Å²) in [5.74, 6) is 0. The lowest BCUT2D eigenvalue weighted by molar-refractivity contribution is -0.153. The summed E-state index contributed by atoms with van der Waals surface area (Å²) in [7, 11) is 2.48. The summed E-state index contributed by atoms with van der Waals surface area (Å²) in [6.45, 7) is 1.51. The van der Waals surface area contributed by atoms with Crippen molar-refractivity contribution < 1.29 is 9.68 Å². The van der Waals surface area contributed by atoms with Gasteiger partial charge in [0, 0.05) is 12.6 Å². The van der Waals surface area contributed by atoms with Crippen LogP contribution in [-0.4, -0.2) is 37.3 Å². The molecule has 0 N–H and O–H groups in total. The first kappa shape index (κ1) is 10.8. The third-order valence-electron chi connectivity index (χ3n) is 1.16. The number of nitrogens with zero attached hydrogens (tertiary/aromatic N) is 2. The van der Waals surface area contributed by atoms with Gasteiger partial charge < -0.3 is 20.1 Å². The van der Waals surface area contributed by atoms with Crippen LogP contribution in [0, 0.1) is 10.4 Å². The van der Waals surface area contributed by atoms with Gasteiger partial charge in [0.25, 0.3) is 0 Å². The molecular weight excluding hydrogens is 152 g/mol. The van der Waals surface area contributed by atoms with E-state index >= 15 is 0 Å². The Bertz CT molecular complexity index is 102. The molecule has 11 heavy (non-hydrogen) atoms. The van der Waals surface area contributed by atoms with Crippen molar-refractivity contribution in [2.45, 2.75) is 13.0 Å². The lowest BCUT2D eigenvalue weighted by atomic mass is 10.4. The van der Waals surface area contributed by atoms with Crippen LogP contribution in [-0.2, 0) is 9.68 Å². The van der Waals surface area contributed by atoms with E-state index in [4.69, 9.17) is 0 Å². The Morgan fingerprint density at radius 1 is 1.27 bits per heavy atom. The van der Waals surface area contributed by atoms with Gasteiger partial charge in [0.05, 0.1) is 14.2 Å². The Morgan fingerprint density at radius 2 is 1.82 bits per heavy atom. The fraction of sp³-hybridized carbons (Fsp3) is 1.00. The average Bonchev–Trinajstić information content (AvgIpc) is 2.02. The van der Waals surface area contributed by atoms with E-state index in [1.807, 2.05) is 0 Å². The third-order valence-corrected chi connectivity index (χ3v) is 1.16. The predicted molar refractivity (Wildman–Crippen MR) is 38.8 cm³/mol. The van der Waals surface area contributed by atoms with Crippen molar-refractivity contribution in [2.75, 3.05) is 20.8 Å². The number of hydrogen-bond donors (Lipinski definition) is 0. The van der Waals surface area contributed by atoms with E-state index in [0.29, 0.717) is 10.5 Å². The Labute approximate surface area is 65.4 Å². The largest absolute Gasteiger partial charge is 0.762 e. The van der Waals surface area contributed by atoms with Crippen LogP contribution in [0.2, 0.25) is 0 Å². The SMILES string of the molecule is CON([O-])CC(C)N([O-])OC. The number of hydrogen-bond acceptors (Lipinski definition) is 6. The van der Waals surface area contributed by atoms with Crippen molar-refractivity contribution >= 4 is 0 Å². The molecule has 0 fully saturated rings. The molecule has 0 aliphatic carbocycles. The van der Waals surface area contributed by atoms with Gasteiger partial charge in [-0.1, -0.05) is 0 Å². The zero-order chi connectivity index (χ0) is 8.85. The second-order valence-electron chi connectivity index (χ2n) is 2.01. The molecule has 1 atom stereocenters. The van der Waals surface area contributed by atoms with E-state index in [1.54, 1.807) is 6.92 Å². The maximum absolute atomic E-state index is 10.6. The van der Waals surface area contributed by atoms with E-state index in [2.05, 4.69) is 9.68 Å². The summed E-state index contributed by atoms with van der Waals surface area (Å²) >= 11 is 0. The second kappa shape index (κ2) is 5.42. The minimum Gasteiger partial charge on any atom is -0.762 e. The molecule has 0 aliphatic heterocycles. The van der Waals surface area contributed by atoms with Crippen LogP contribution in [0.25, 0.3) is 0 Å². The van der Waals surface area contributed by atoms with Crippen LogP contribution >= 0.6 is 0 Å². The fourth-order valence-corrected chi connectivity index (χ4v) is 0.537. The van der Waals surface area contributed by atoms with Gasteiger partial charge in [-0.3, -0.25) is 10.5 Å². The van der Waals surface area contributed by atoms with Crippen molar-refractivity contribution in [3.63, 3.8) is 0 Å². The summed E-state index contributed by atoms with van der Waals surface area (Å²) in [5, 5.41) is 21.8. The van der Waals surface area contributed by atoms with E-state index < -0.39 is 6.04 Å². The summed E-state index contributed by atoms with van der Waals surface area (Å²) in [6.07, 6.45) is 0. The first-order valence-electron chi connectivity index (χ1n) is 3.11. The standard InChI is InChI=1S/C5H12N2O4/c1-5(7(9)11-3)4-6(8)10-2/h5H,4H2,1-3H3/q-2. The molecule has 0 aromatic carbocycles. The predicted octanol–water partition coefficient (Wildman–Crippen LogP) is 0.0973. The highest BCUT2D eigenvalue weighted by Gasteiger charge is 2.03. The maximum Gasteiger partial charge on any atom is 0.0563 e. The molecule has 0 spiro atoms. The van der Waals surface area contributed by atoms with E-state index in [-0.39, 0.29) is 6.54 Å². The summed E-state index contributed by atoms with van der Waals surface area (Å²) in [4.78, 5) is 8.59. The molecular formula is C5H12N2O4-2. The van der Waals surface area contributed by atoms with Crippen molar-refractivity contribution in [3.05, 3.63) is 10.4 Å². The van der Waals surface area contributed by atoms with Crippen molar-refractivity contribution in [2.24, 2.45) is 0 Å². The molecule has 0 heterocycles. The van der Waals surface area contributed by atoms with Gasteiger partial charge in [0.15, 0.2) is 0 Å². The second-order valence-corrected chi connectivity index (χ2v) is 2.01. The zero-order valence-electron chi connectivity index (χ0n) is 6.81. The molecule has 1 unspecified atom stereocenters. The topological polar surface area (TPSA) is 71.1 Å². The van der Waals surface area contributed by atoms with Gasteiger partial charge in [-0.15, -0.1) is 0 Å². The van der Waals surface area contributed by atoms with E-state index in [0.717, 1.165) is 0 Å². The van der Waals surface area contributed by atoms with Gasteiger partial charge in [-0.05, 0) is 6.92 Å². The smallest absolute Gasteiger partial charge is 0.0563 e. The normalized spacial score (nSPS) is 14.5. The molecule has 6 heteroatoms. The number of hydroxylamine groups is 4. The summed E-state index contributed by atoms with van der Waals surface area (Å²) < 4.78 is 0. The highest BCUT2D eigenvalue weighted by molar-refractivity contribution is 4.62. The average molecular weight is 164 g/mol. The first-order valence-corrected chi connectivity index (χ1v) is 3.11. The van der Waals surface area contributed by atoms with Crippen LogP contribution in [0.4, 0.5) is 0 Å². The molecule has 6 nitrogen and oxygen atoms in total. The van der Waals surface area contributed by atoms with Crippen LogP contribution in [0.15, 0.2) is 0 Å². The van der Waals surface area contributed by atoms with Gasteiger partial charge in [-0.2, -0.15) is 0 Å². The van der Waals surface area contributed by atoms with E-state index in [1.165, 1.54) is 14.2 Å².